The maximum atomic E-state index is 12.8. The number of benzene rings is 2. The summed E-state index contributed by atoms with van der Waals surface area (Å²) in [6.45, 7) is 7.97. The van der Waals surface area contributed by atoms with E-state index < -0.39 is 0 Å². The van der Waals surface area contributed by atoms with Gasteiger partial charge in [0, 0.05) is 49.0 Å². The first-order chi connectivity index (χ1) is 14.4. The van der Waals surface area contributed by atoms with Crippen LogP contribution < -0.4 is 0 Å². The summed E-state index contributed by atoms with van der Waals surface area (Å²) < 4.78 is 2.01. The molecule has 0 unspecified atom stereocenters. The number of carbonyl (C=O) groups is 1. The van der Waals surface area contributed by atoms with E-state index in [1.165, 1.54) is 5.56 Å². The van der Waals surface area contributed by atoms with Crippen LogP contribution in [-0.4, -0.2) is 51.7 Å². The molecule has 1 aromatic heterocycles. The maximum absolute atomic E-state index is 12.8. The number of piperazine rings is 1. The minimum Gasteiger partial charge on any atom is -0.336 e. The summed E-state index contributed by atoms with van der Waals surface area (Å²) in [7, 11) is 0. The molecule has 3 aromatic rings. The zero-order chi connectivity index (χ0) is 21.3. The fourth-order valence-corrected chi connectivity index (χ4v) is 4.38. The van der Waals surface area contributed by atoms with Gasteiger partial charge in [-0.3, -0.25) is 9.69 Å². The number of nitrogens with zero attached hydrogens (tertiary/aromatic N) is 4. The molecule has 0 N–H and O–H groups in total. The van der Waals surface area contributed by atoms with Crippen molar-refractivity contribution in [1.29, 1.82) is 0 Å². The molecule has 5 nitrogen and oxygen atoms in total. The Morgan fingerprint density at radius 2 is 1.70 bits per heavy atom. The van der Waals surface area contributed by atoms with Crippen LogP contribution in [0.2, 0.25) is 10.0 Å². The fourth-order valence-electron chi connectivity index (χ4n) is 3.89. The lowest BCUT2D eigenvalue weighted by Crippen LogP contribution is -2.48. The Morgan fingerprint density at radius 1 is 1.00 bits per heavy atom. The van der Waals surface area contributed by atoms with Crippen LogP contribution in [0.4, 0.5) is 0 Å². The molecule has 4 rings (SSSR count). The first-order valence-electron chi connectivity index (χ1n) is 10.0. The van der Waals surface area contributed by atoms with Gasteiger partial charge in [-0.2, -0.15) is 5.10 Å². The minimum atomic E-state index is -0.0411. The van der Waals surface area contributed by atoms with Crippen molar-refractivity contribution in [1.82, 2.24) is 19.6 Å². The predicted octanol–water partition coefficient (Wildman–Crippen LogP) is 4.75. The van der Waals surface area contributed by atoms with E-state index in [-0.39, 0.29) is 5.91 Å². The van der Waals surface area contributed by atoms with Crippen LogP contribution in [0.15, 0.2) is 48.5 Å². The Kier molecular flexibility index (Phi) is 6.14. The third kappa shape index (κ3) is 4.24. The maximum Gasteiger partial charge on any atom is 0.255 e. The van der Waals surface area contributed by atoms with Gasteiger partial charge in [-0.05, 0) is 44.2 Å². The topological polar surface area (TPSA) is 41.4 Å². The standard InChI is InChI=1S/C23H24Cl2N4O/c1-16-21(17(2)29(26-16)19-6-4-3-5-7-19)15-27-10-12-28(13-11-27)23(30)20-9-8-18(24)14-22(20)25/h3-9,14H,10-13,15H2,1-2H3. The van der Waals surface area contributed by atoms with Crippen molar-refractivity contribution >= 4 is 29.1 Å². The molecule has 156 valence electrons. The predicted molar refractivity (Wildman–Crippen MR) is 121 cm³/mol. The molecule has 1 amide bonds. The van der Waals surface area contributed by atoms with Gasteiger partial charge >= 0.3 is 0 Å². The second kappa shape index (κ2) is 8.80. The molecule has 1 saturated heterocycles. The number of para-hydroxylation sites is 1. The summed E-state index contributed by atoms with van der Waals surface area (Å²) in [5.41, 5.74) is 5.03. The van der Waals surface area contributed by atoms with Gasteiger partial charge < -0.3 is 4.90 Å². The highest BCUT2D eigenvalue weighted by atomic mass is 35.5. The van der Waals surface area contributed by atoms with Crippen molar-refractivity contribution in [2.45, 2.75) is 20.4 Å². The largest absolute Gasteiger partial charge is 0.336 e. The normalized spacial score (nSPS) is 14.9. The lowest BCUT2D eigenvalue weighted by molar-refractivity contribution is 0.0628. The fraction of sp³-hybridized carbons (Fsp3) is 0.304. The molecule has 1 aliphatic rings. The van der Waals surface area contributed by atoms with Crippen LogP contribution in [0.1, 0.15) is 27.3 Å². The monoisotopic (exact) mass is 442 g/mol. The van der Waals surface area contributed by atoms with E-state index in [9.17, 15) is 4.79 Å². The SMILES string of the molecule is Cc1nn(-c2ccccc2)c(C)c1CN1CCN(C(=O)c2ccc(Cl)cc2Cl)CC1. The quantitative estimate of drug-likeness (QED) is 0.584. The molecule has 1 aliphatic heterocycles. The van der Waals surface area contributed by atoms with Crippen molar-refractivity contribution in [3.63, 3.8) is 0 Å². The Morgan fingerprint density at radius 3 is 2.37 bits per heavy atom. The lowest BCUT2D eigenvalue weighted by Gasteiger charge is -2.35. The van der Waals surface area contributed by atoms with Crippen LogP contribution in [0.25, 0.3) is 5.69 Å². The Bertz CT molecular complexity index is 1060. The third-order valence-corrected chi connectivity index (χ3v) is 6.19. The second-order valence-corrected chi connectivity index (χ2v) is 8.43. The van der Waals surface area contributed by atoms with Crippen LogP contribution >= 0.6 is 23.2 Å². The molecule has 0 spiro atoms. The zero-order valence-corrected chi connectivity index (χ0v) is 18.6. The van der Waals surface area contributed by atoms with E-state index in [0.717, 1.165) is 36.7 Å². The average Bonchev–Trinajstić information content (AvgIpc) is 3.03. The summed E-state index contributed by atoms with van der Waals surface area (Å²) in [5, 5.41) is 5.67. The number of halogens is 2. The van der Waals surface area contributed by atoms with Crippen molar-refractivity contribution < 1.29 is 4.79 Å². The van der Waals surface area contributed by atoms with E-state index in [1.807, 2.05) is 27.8 Å². The number of rotatable bonds is 4. The molecule has 1 fully saturated rings. The molecule has 0 saturated carbocycles. The van der Waals surface area contributed by atoms with E-state index >= 15 is 0 Å². The summed E-state index contributed by atoms with van der Waals surface area (Å²) in [6, 6.07) is 15.2. The number of amides is 1. The highest BCUT2D eigenvalue weighted by molar-refractivity contribution is 6.36. The Labute approximate surface area is 186 Å². The van der Waals surface area contributed by atoms with Gasteiger partial charge in [0.2, 0.25) is 0 Å². The third-order valence-electron chi connectivity index (χ3n) is 5.64. The van der Waals surface area contributed by atoms with Crippen LogP contribution in [-0.2, 0) is 6.54 Å². The van der Waals surface area contributed by atoms with Gasteiger partial charge in [0.15, 0.2) is 0 Å². The van der Waals surface area contributed by atoms with E-state index in [4.69, 9.17) is 28.3 Å². The van der Waals surface area contributed by atoms with Gasteiger partial charge in [-0.15, -0.1) is 0 Å². The van der Waals surface area contributed by atoms with Crippen molar-refractivity contribution in [2.75, 3.05) is 26.2 Å². The number of aryl methyl sites for hydroxylation is 1. The van der Waals surface area contributed by atoms with Gasteiger partial charge in [-0.25, -0.2) is 4.68 Å². The summed E-state index contributed by atoms with van der Waals surface area (Å²) in [5.74, 6) is -0.0411. The van der Waals surface area contributed by atoms with E-state index in [2.05, 4.69) is 30.9 Å². The van der Waals surface area contributed by atoms with E-state index in [0.29, 0.717) is 28.7 Å². The summed E-state index contributed by atoms with van der Waals surface area (Å²) in [6.07, 6.45) is 0. The van der Waals surface area contributed by atoms with E-state index in [1.54, 1.807) is 18.2 Å². The summed E-state index contributed by atoms with van der Waals surface area (Å²) >= 11 is 12.2. The molecule has 7 heteroatoms. The molecule has 0 aliphatic carbocycles. The van der Waals surface area contributed by atoms with Gasteiger partial charge in [0.1, 0.15) is 0 Å². The second-order valence-electron chi connectivity index (χ2n) is 7.59. The van der Waals surface area contributed by atoms with Gasteiger partial charge in [-0.1, -0.05) is 41.4 Å². The molecule has 2 heterocycles. The number of aromatic nitrogens is 2. The Hall–Kier alpha value is -2.34. The van der Waals surface area contributed by atoms with Crippen molar-refractivity contribution in [2.24, 2.45) is 0 Å². The number of carbonyl (C=O) groups excluding carboxylic acids is 1. The van der Waals surface area contributed by atoms with Crippen LogP contribution in [0.3, 0.4) is 0 Å². The first-order valence-corrected chi connectivity index (χ1v) is 10.8. The minimum absolute atomic E-state index is 0.0411. The Balaban J connectivity index is 1.42. The lowest BCUT2D eigenvalue weighted by atomic mass is 10.1. The van der Waals surface area contributed by atoms with Crippen molar-refractivity contribution in [3.05, 3.63) is 81.1 Å². The number of hydrogen-bond acceptors (Lipinski definition) is 3. The zero-order valence-electron chi connectivity index (χ0n) is 17.1. The van der Waals surface area contributed by atoms with Gasteiger partial charge in [0.25, 0.3) is 5.91 Å². The summed E-state index contributed by atoms with van der Waals surface area (Å²) in [4.78, 5) is 17.1. The van der Waals surface area contributed by atoms with Crippen LogP contribution in [0, 0.1) is 13.8 Å². The number of hydrogen-bond donors (Lipinski definition) is 0. The highest BCUT2D eigenvalue weighted by Crippen LogP contribution is 2.24. The van der Waals surface area contributed by atoms with Crippen LogP contribution in [0.5, 0.6) is 0 Å². The molecule has 30 heavy (non-hydrogen) atoms. The molecule has 0 bridgehead atoms. The highest BCUT2D eigenvalue weighted by Gasteiger charge is 2.25. The molecule has 0 radical (unpaired) electrons. The molecular formula is C23H24Cl2N4O. The smallest absolute Gasteiger partial charge is 0.255 e. The average molecular weight is 443 g/mol. The first kappa shape index (κ1) is 20.9. The van der Waals surface area contributed by atoms with Gasteiger partial charge in [0.05, 0.1) is 22.0 Å². The van der Waals surface area contributed by atoms with Crippen molar-refractivity contribution in [3.8, 4) is 5.69 Å². The molecule has 0 atom stereocenters. The molecular weight excluding hydrogens is 419 g/mol. The molecule has 2 aromatic carbocycles.